The molecule has 4 unspecified atom stereocenters. The molecule has 1 heteroatoms. The Morgan fingerprint density at radius 1 is 1.46 bits per heavy atom. The first-order valence-electron chi connectivity index (χ1n) is 5.69. The van der Waals surface area contributed by atoms with Crippen LogP contribution in [0.4, 0.5) is 0 Å². The molecule has 13 heavy (non-hydrogen) atoms. The Hall–Kier alpha value is -0.0651. The van der Waals surface area contributed by atoms with Crippen molar-refractivity contribution < 1.29 is 0 Å². The molecule has 0 nitrogen and oxygen atoms in total. The van der Waals surface area contributed by atoms with E-state index < -0.39 is 0 Å². The summed E-state index contributed by atoms with van der Waals surface area (Å²) in [5.41, 5.74) is 0. The van der Waals surface area contributed by atoms with Crippen molar-refractivity contribution >= 4 is 12.9 Å². The Balaban J connectivity index is 2.82. The molecule has 0 aromatic rings. The first-order valence-corrected chi connectivity index (χ1v) is 5.69. The first-order chi connectivity index (χ1) is 6.05. The third-order valence-electron chi connectivity index (χ3n) is 4.19. The van der Waals surface area contributed by atoms with Gasteiger partial charge in [-0.25, -0.2) is 0 Å². The molecule has 0 aromatic carbocycles. The fourth-order valence-electron chi connectivity index (χ4n) is 3.37. The standard InChI is InChI=1S/C12H23B/c1-6-11-9(3)8-12(5,10(11)4)13-7-2/h7,9-11H,6,8H2,1-5H3. The molecular weight excluding hydrogens is 155 g/mol. The van der Waals surface area contributed by atoms with Gasteiger partial charge in [0.2, 0.25) is 0 Å². The predicted molar refractivity (Wildman–Crippen MR) is 62.6 cm³/mol. The van der Waals surface area contributed by atoms with Crippen LogP contribution in [0.3, 0.4) is 0 Å². The topological polar surface area (TPSA) is 0 Å². The second kappa shape index (κ2) is 3.98. The van der Waals surface area contributed by atoms with Crippen molar-refractivity contribution in [3.8, 4) is 0 Å². The van der Waals surface area contributed by atoms with E-state index in [0.717, 1.165) is 17.8 Å². The molecular formula is C12H23B. The van der Waals surface area contributed by atoms with Gasteiger partial charge in [0.1, 0.15) is 0 Å². The summed E-state index contributed by atoms with van der Waals surface area (Å²) in [7, 11) is 0. The molecule has 0 spiro atoms. The van der Waals surface area contributed by atoms with E-state index in [4.69, 9.17) is 0 Å². The van der Waals surface area contributed by atoms with Crippen LogP contribution in [0.15, 0.2) is 0 Å². The van der Waals surface area contributed by atoms with Crippen LogP contribution in [0, 0.1) is 17.8 Å². The van der Waals surface area contributed by atoms with Crippen LogP contribution in [0.2, 0.25) is 5.31 Å². The predicted octanol–water partition coefficient (Wildman–Crippen LogP) is 3.39. The number of hydrogen-bond acceptors (Lipinski definition) is 0. The normalized spacial score (nSPS) is 45.5. The molecule has 1 aliphatic rings. The summed E-state index contributed by atoms with van der Waals surface area (Å²) >= 11 is 0. The van der Waals surface area contributed by atoms with Crippen molar-refractivity contribution in [2.45, 2.75) is 52.8 Å². The molecule has 1 fully saturated rings. The van der Waals surface area contributed by atoms with Gasteiger partial charge >= 0.3 is 83.4 Å². The van der Waals surface area contributed by atoms with Crippen LogP contribution in [0.5, 0.6) is 0 Å². The molecule has 0 aromatic heterocycles. The third kappa shape index (κ3) is 1.89. The summed E-state index contributed by atoms with van der Waals surface area (Å²) in [6, 6.07) is 0. The molecule has 0 N–H and O–H groups in total. The van der Waals surface area contributed by atoms with Gasteiger partial charge < -0.3 is 0 Å². The molecule has 1 saturated carbocycles. The quantitative estimate of drug-likeness (QED) is 0.568. The Labute approximate surface area is 84.0 Å². The molecule has 0 bridgehead atoms. The van der Waals surface area contributed by atoms with Crippen LogP contribution < -0.4 is 0 Å². The van der Waals surface area contributed by atoms with Crippen molar-refractivity contribution in [2.24, 2.45) is 17.8 Å². The Morgan fingerprint density at radius 3 is 2.46 bits per heavy atom. The summed E-state index contributed by atoms with van der Waals surface area (Å²) in [5.74, 6) is 4.91. The van der Waals surface area contributed by atoms with E-state index in [9.17, 15) is 0 Å². The summed E-state index contributed by atoms with van der Waals surface area (Å²) in [6.07, 6.45) is 2.71. The van der Waals surface area contributed by atoms with E-state index in [1.54, 1.807) is 0 Å². The zero-order valence-corrected chi connectivity index (χ0v) is 9.80. The zero-order valence-electron chi connectivity index (χ0n) is 9.80. The van der Waals surface area contributed by atoms with Gasteiger partial charge in [0.05, 0.1) is 0 Å². The van der Waals surface area contributed by atoms with E-state index in [1.165, 1.54) is 12.8 Å². The van der Waals surface area contributed by atoms with Gasteiger partial charge in [-0.2, -0.15) is 0 Å². The third-order valence-corrected chi connectivity index (χ3v) is 4.19. The van der Waals surface area contributed by atoms with Crippen LogP contribution in [0.25, 0.3) is 0 Å². The van der Waals surface area contributed by atoms with Crippen molar-refractivity contribution in [3.05, 3.63) is 0 Å². The van der Waals surface area contributed by atoms with Crippen molar-refractivity contribution in [3.63, 3.8) is 0 Å². The van der Waals surface area contributed by atoms with Crippen molar-refractivity contribution in [1.82, 2.24) is 0 Å². The number of rotatable bonds is 2. The number of hydrogen-bond donors (Lipinski definition) is 0. The molecule has 0 amide bonds. The Bertz CT molecular complexity index is 197. The Morgan fingerprint density at radius 2 is 2.08 bits per heavy atom. The molecule has 4 atom stereocenters. The molecule has 0 saturated heterocycles. The van der Waals surface area contributed by atoms with E-state index >= 15 is 0 Å². The van der Waals surface area contributed by atoms with Gasteiger partial charge in [-0.15, -0.1) is 0 Å². The van der Waals surface area contributed by atoms with Crippen LogP contribution in [-0.4, -0.2) is 12.9 Å². The van der Waals surface area contributed by atoms with E-state index in [0.29, 0.717) is 5.31 Å². The summed E-state index contributed by atoms with van der Waals surface area (Å²) in [5, 5.41) is 0.467. The zero-order chi connectivity index (χ0) is 10.1. The minimum atomic E-state index is 0.467. The second-order valence-electron chi connectivity index (χ2n) is 5.05. The van der Waals surface area contributed by atoms with E-state index in [-0.39, 0.29) is 0 Å². The van der Waals surface area contributed by atoms with Crippen molar-refractivity contribution in [2.75, 3.05) is 0 Å². The van der Waals surface area contributed by atoms with Gasteiger partial charge in [0, 0.05) is 0 Å². The van der Waals surface area contributed by atoms with Crippen LogP contribution in [0.1, 0.15) is 47.5 Å². The van der Waals surface area contributed by atoms with Crippen molar-refractivity contribution in [1.29, 1.82) is 0 Å². The SMILES string of the molecule is CC=BC1(C)CC(C)C(CC)C1C. The summed E-state index contributed by atoms with van der Waals surface area (Å²) in [6.45, 7) is 14.2. The molecule has 0 aliphatic heterocycles. The van der Waals surface area contributed by atoms with Gasteiger partial charge in [-0.1, -0.05) is 0 Å². The average Bonchev–Trinajstić information content (AvgIpc) is 2.24. The minimum absolute atomic E-state index is 0.467. The van der Waals surface area contributed by atoms with Gasteiger partial charge in [0.25, 0.3) is 0 Å². The van der Waals surface area contributed by atoms with Gasteiger partial charge in [-0.05, 0) is 0 Å². The second-order valence-corrected chi connectivity index (χ2v) is 5.05. The average molecular weight is 178 g/mol. The maximum atomic E-state index is 2.43. The Kier molecular flexibility index (Phi) is 3.37. The van der Waals surface area contributed by atoms with E-state index in [2.05, 4.69) is 47.5 Å². The molecule has 1 aliphatic carbocycles. The molecule has 0 heterocycles. The maximum absolute atomic E-state index is 2.43. The monoisotopic (exact) mass is 178 g/mol. The van der Waals surface area contributed by atoms with Gasteiger partial charge in [-0.3, -0.25) is 0 Å². The summed E-state index contributed by atoms with van der Waals surface area (Å²) in [4.78, 5) is 0. The van der Waals surface area contributed by atoms with Crippen LogP contribution in [-0.2, 0) is 0 Å². The molecule has 1 rings (SSSR count). The molecule has 74 valence electrons. The van der Waals surface area contributed by atoms with Crippen LogP contribution >= 0.6 is 0 Å². The van der Waals surface area contributed by atoms with Gasteiger partial charge in [0.15, 0.2) is 0 Å². The summed E-state index contributed by atoms with van der Waals surface area (Å²) < 4.78 is 0. The first kappa shape index (κ1) is 11.0. The fourth-order valence-corrected chi connectivity index (χ4v) is 3.37. The molecule has 0 radical (unpaired) electrons. The van der Waals surface area contributed by atoms with E-state index in [1.807, 2.05) is 0 Å². The fraction of sp³-hybridized carbons (Fsp3) is 0.917.